The van der Waals surface area contributed by atoms with E-state index in [1.807, 2.05) is 0 Å². The van der Waals surface area contributed by atoms with Crippen molar-refractivity contribution < 1.29 is 17.9 Å². The zero-order valence-electron chi connectivity index (χ0n) is 10.6. The Kier molecular flexibility index (Phi) is 3.73. The van der Waals surface area contributed by atoms with Gasteiger partial charge in [0.15, 0.2) is 9.84 Å². The zero-order valence-corrected chi connectivity index (χ0v) is 11.5. The summed E-state index contributed by atoms with van der Waals surface area (Å²) in [6, 6.07) is -0.544. The van der Waals surface area contributed by atoms with E-state index in [0.29, 0.717) is 0 Å². The van der Waals surface area contributed by atoms with Gasteiger partial charge in [0.05, 0.1) is 5.25 Å². The quantitative estimate of drug-likeness (QED) is 0.718. The van der Waals surface area contributed by atoms with Crippen molar-refractivity contribution in [3.05, 3.63) is 0 Å². The van der Waals surface area contributed by atoms with Gasteiger partial charge in [-0.05, 0) is 20.8 Å². The predicted octanol–water partition coefficient (Wildman–Crippen LogP) is -0.0224. The number of rotatable bonds is 1. The van der Waals surface area contributed by atoms with E-state index in [4.69, 9.17) is 10.5 Å². The Labute approximate surface area is 102 Å². The van der Waals surface area contributed by atoms with Crippen LogP contribution in [0.2, 0.25) is 0 Å². The lowest BCUT2D eigenvalue weighted by molar-refractivity contribution is 0.0293. The Morgan fingerprint density at radius 1 is 1.35 bits per heavy atom. The Morgan fingerprint density at radius 2 is 1.88 bits per heavy atom. The first kappa shape index (κ1) is 14.2. The summed E-state index contributed by atoms with van der Waals surface area (Å²) in [6.07, 6.45) is 0.620. The molecular formula is C10H20N2O4S. The van der Waals surface area contributed by atoms with Crippen molar-refractivity contribution >= 4 is 15.9 Å². The summed E-state index contributed by atoms with van der Waals surface area (Å²) in [6.45, 7) is 5.60. The number of ether oxygens (including phenoxy) is 1. The number of nitrogens with zero attached hydrogens (tertiary/aromatic N) is 1. The molecule has 0 aliphatic carbocycles. The molecule has 1 aliphatic heterocycles. The van der Waals surface area contributed by atoms with E-state index >= 15 is 0 Å². The Morgan fingerprint density at radius 3 is 2.24 bits per heavy atom. The Balaban J connectivity index is 2.70. The zero-order chi connectivity index (χ0) is 13.4. The van der Waals surface area contributed by atoms with Crippen LogP contribution >= 0.6 is 0 Å². The van der Waals surface area contributed by atoms with Crippen molar-refractivity contribution in [2.24, 2.45) is 5.73 Å². The molecule has 1 fully saturated rings. The van der Waals surface area contributed by atoms with E-state index in [-0.39, 0.29) is 13.1 Å². The van der Waals surface area contributed by atoms with Gasteiger partial charge in [-0.3, -0.25) is 0 Å². The lowest BCUT2D eigenvalue weighted by Gasteiger charge is -2.24. The molecule has 0 spiro atoms. The molecule has 0 aromatic carbocycles. The minimum atomic E-state index is -3.24. The average Bonchev–Trinajstić information content (AvgIpc) is 2.42. The van der Waals surface area contributed by atoms with Gasteiger partial charge in [-0.15, -0.1) is 0 Å². The number of amides is 1. The third-order valence-electron chi connectivity index (χ3n) is 2.51. The molecule has 0 radical (unpaired) electrons. The second-order valence-electron chi connectivity index (χ2n) is 5.42. The molecule has 1 heterocycles. The molecule has 1 amide bonds. The standard InChI is InChI=1S/C10H20N2O4S/c1-10(2,3)16-9(13)12-5-7(11)8(6-12)17(4,14)15/h7-8H,5-6,11H2,1-4H3/t7-,8-/m1/s1. The number of carbonyl (C=O) groups excluding carboxylic acids is 1. The molecule has 0 unspecified atom stereocenters. The van der Waals surface area contributed by atoms with Gasteiger partial charge >= 0.3 is 6.09 Å². The number of hydrogen-bond acceptors (Lipinski definition) is 5. The van der Waals surface area contributed by atoms with Crippen LogP contribution < -0.4 is 5.73 Å². The molecule has 0 bridgehead atoms. The minimum absolute atomic E-state index is 0.106. The van der Waals surface area contributed by atoms with Crippen LogP contribution in [0.25, 0.3) is 0 Å². The maximum Gasteiger partial charge on any atom is 0.410 e. The van der Waals surface area contributed by atoms with Crippen LogP contribution in [0.1, 0.15) is 20.8 Å². The van der Waals surface area contributed by atoms with E-state index < -0.39 is 32.8 Å². The average molecular weight is 264 g/mol. The normalized spacial score (nSPS) is 26.1. The van der Waals surface area contributed by atoms with E-state index in [9.17, 15) is 13.2 Å². The van der Waals surface area contributed by atoms with E-state index in [0.717, 1.165) is 6.26 Å². The van der Waals surface area contributed by atoms with Crippen molar-refractivity contribution in [1.82, 2.24) is 4.90 Å². The Bertz CT molecular complexity index is 399. The molecule has 1 rings (SSSR count). The monoisotopic (exact) mass is 264 g/mol. The fourth-order valence-electron chi connectivity index (χ4n) is 1.73. The number of hydrogen-bond donors (Lipinski definition) is 1. The third-order valence-corrected chi connectivity index (χ3v) is 4.11. The molecule has 0 saturated carbocycles. The fraction of sp³-hybridized carbons (Fsp3) is 0.900. The molecule has 17 heavy (non-hydrogen) atoms. The molecule has 2 N–H and O–H groups in total. The van der Waals surface area contributed by atoms with Crippen LogP contribution in [0.15, 0.2) is 0 Å². The van der Waals surface area contributed by atoms with Crippen LogP contribution in [0.3, 0.4) is 0 Å². The van der Waals surface area contributed by atoms with Crippen molar-refractivity contribution in [1.29, 1.82) is 0 Å². The van der Waals surface area contributed by atoms with Gasteiger partial charge < -0.3 is 15.4 Å². The number of sulfone groups is 1. The maximum atomic E-state index is 11.7. The molecule has 2 atom stereocenters. The molecule has 0 aromatic heterocycles. The predicted molar refractivity (Wildman–Crippen MR) is 64.4 cm³/mol. The van der Waals surface area contributed by atoms with Crippen molar-refractivity contribution in [2.75, 3.05) is 19.3 Å². The van der Waals surface area contributed by atoms with Crippen LogP contribution in [0, 0.1) is 0 Å². The second kappa shape index (κ2) is 4.45. The smallest absolute Gasteiger partial charge is 0.410 e. The lowest BCUT2D eigenvalue weighted by atomic mass is 10.2. The molecule has 0 aromatic rings. The van der Waals surface area contributed by atoms with Crippen LogP contribution in [0.4, 0.5) is 4.79 Å². The summed E-state index contributed by atoms with van der Waals surface area (Å²) in [4.78, 5) is 13.1. The second-order valence-corrected chi connectivity index (χ2v) is 7.68. The molecule has 100 valence electrons. The summed E-state index contributed by atoms with van der Waals surface area (Å²) in [5, 5.41) is -0.699. The number of nitrogens with two attached hydrogens (primary N) is 1. The highest BCUT2D eigenvalue weighted by molar-refractivity contribution is 7.91. The SMILES string of the molecule is CC(C)(C)OC(=O)N1C[C@@H](N)[C@H](S(C)(=O)=O)C1. The van der Waals surface area contributed by atoms with Crippen LogP contribution in [-0.4, -0.2) is 55.6 Å². The summed E-state index contributed by atoms with van der Waals surface area (Å²) in [7, 11) is -3.24. The summed E-state index contributed by atoms with van der Waals surface area (Å²) in [5.74, 6) is 0. The van der Waals surface area contributed by atoms with Crippen LogP contribution in [0.5, 0.6) is 0 Å². The first-order chi connectivity index (χ1) is 7.50. The van der Waals surface area contributed by atoms with E-state index in [1.54, 1.807) is 20.8 Å². The van der Waals surface area contributed by atoms with Crippen molar-refractivity contribution in [2.45, 2.75) is 37.7 Å². The summed E-state index contributed by atoms with van der Waals surface area (Å²) >= 11 is 0. The maximum absolute atomic E-state index is 11.7. The highest BCUT2D eigenvalue weighted by Crippen LogP contribution is 2.18. The molecule has 1 aliphatic rings. The highest BCUT2D eigenvalue weighted by Gasteiger charge is 2.40. The fourth-order valence-corrected chi connectivity index (χ4v) is 2.90. The number of carbonyl (C=O) groups is 1. The summed E-state index contributed by atoms with van der Waals surface area (Å²) < 4.78 is 28.0. The lowest BCUT2D eigenvalue weighted by Crippen LogP contribution is -2.38. The molecule has 1 saturated heterocycles. The van der Waals surface area contributed by atoms with Gasteiger partial charge in [0, 0.05) is 25.4 Å². The van der Waals surface area contributed by atoms with Gasteiger partial charge in [-0.2, -0.15) is 0 Å². The van der Waals surface area contributed by atoms with E-state index in [1.165, 1.54) is 4.90 Å². The molecule has 7 heteroatoms. The van der Waals surface area contributed by atoms with Gasteiger partial charge in [0.1, 0.15) is 5.60 Å². The number of likely N-dealkylation sites (tertiary alicyclic amines) is 1. The largest absolute Gasteiger partial charge is 0.444 e. The van der Waals surface area contributed by atoms with Gasteiger partial charge in [-0.1, -0.05) is 0 Å². The van der Waals surface area contributed by atoms with Crippen molar-refractivity contribution in [3.8, 4) is 0 Å². The first-order valence-corrected chi connectivity index (χ1v) is 7.38. The highest BCUT2D eigenvalue weighted by atomic mass is 32.2. The molecular weight excluding hydrogens is 244 g/mol. The third kappa shape index (κ3) is 3.85. The summed E-state index contributed by atoms with van der Waals surface area (Å²) in [5.41, 5.74) is 5.14. The van der Waals surface area contributed by atoms with E-state index in [2.05, 4.69) is 0 Å². The van der Waals surface area contributed by atoms with Gasteiger partial charge in [-0.25, -0.2) is 13.2 Å². The van der Waals surface area contributed by atoms with Gasteiger partial charge in [0.2, 0.25) is 0 Å². The first-order valence-electron chi connectivity index (χ1n) is 5.43. The Hall–Kier alpha value is -0.820. The van der Waals surface area contributed by atoms with Gasteiger partial charge in [0.25, 0.3) is 0 Å². The van der Waals surface area contributed by atoms with Crippen molar-refractivity contribution in [3.63, 3.8) is 0 Å². The topological polar surface area (TPSA) is 89.7 Å². The molecule has 6 nitrogen and oxygen atoms in total. The minimum Gasteiger partial charge on any atom is -0.444 e. The van der Waals surface area contributed by atoms with Crippen LogP contribution in [-0.2, 0) is 14.6 Å².